The molecule has 2 aromatic rings. The van der Waals surface area contributed by atoms with Crippen molar-refractivity contribution in [2.45, 2.75) is 27.6 Å². The van der Waals surface area contributed by atoms with Gasteiger partial charge < -0.3 is 14.8 Å². The van der Waals surface area contributed by atoms with E-state index in [-0.39, 0.29) is 11.4 Å². The fraction of sp³-hybridized carbons (Fsp3) is 0.333. The van der Waals surface area contributed by atoms with E-state index in [1.165, 1.54) is 39.8 Å². The molecule has 4 rings (SSSR count). The van der Waals surface area contributed by atoms with Crippen LogP contribution in [0.3, 0.4) is 0 Å². The number of oxazole rings is 1. The van der Waals surface area contributed by atoms with Gasteiger partial charge in [-0.05, 0) is 17.0 Å². The molecule has 0 saturated carbocycles. The van der Waals surface area contributed by atoms with Crippen molar-refractivity contribution in [1.82, 2.24) is 15.2 Å². The standard InChI is InChI=1S/C18H17N3O6S4/c1-9-19-5-12(27-9)29-6-10-7-30-17-14(16(23)21(17)15(10)18(24)25)20-11(22)8-31(26)13-3-2-4-28-13/h2-5,14,17H,6-8H2,1H3,(H,20,22)(H,24,25). The summed E-state index contributed by atoms with van der Waals surface area (Å²) in [6.45, 7) is 1.72. The lowest BCUT2D eigenvalue weighted by atomic mass is 10.0. The number of thiophene rings is 1. The molecule has 2 amide bonds. The first-order chi connectivity index (χ1) is 14.8. The number of hydrogen-bond acceptors (Lipinski definition) is 9. The van der Waals surface area contributed by atoms with E-state index in [0.717, 1.165) is 0 Å². The maximum absolute atomic E-state index is 12.7. The normalized spacial score (nSPS) is 21.5. The number of amides is 2. The minimum absolute atomic E-state index is 0.0508. The number of nitrogens with zero attached hydrogens (tertiary/aromatic N) is 2. The molecule has 1 fully saturated rings. The number of aromatic nitrogens is 1. The van der Waals surface area contributed by atoms with E-state index in [0.29, 0.717) is 32.3 Å². The molecule has 0 aromatic carbocycles. The molecular weight excluding hydrogens is 482 g/mol. The van der Waals surface area contributed by atoms with Crippen LogP contribution in [-0.4, -0.2) is 65.7 Å². The number of carbonyl (C=O) groups excluding carboxylic acids is 2. The van der Waals surface area contributed by atoms with Crippen LogP contribution in [0, 0.1) is 6.92 Å². The van der Waals surface area contributed by atoms with Crippen LogP contribution in [0.25, 0.3) is 0 Å². The molecule has 0 aliphatic carbocycles. The average molecular weight is 500 g/mol. The van der Waals surface area contributed by atoms with Gasteiger partial charge in [-0.1, -0.05) is 17.8 Å². The molecule has 0 spiro atoms. The first kappa shape index (κ1) is 22.1. The third-order valence-corrected chi connectivity index (χ3v) is 9.46. The summed E-state index contributed by atoms with van der Waals surface area (Å²) in [5, 5.41) is 14.2. The number of hydrogen-bond donors (Lipinski definition) is 2. The number of nitrogens with one attached hydrogen (secondary N) is 1. The number of carboxylic acids is 1. The smallest absolute Gasteiger partial charge is 0.352 e. The average Bonchev–Trinajstić information content (AvgIpc) is 3.41. The zero-order valence-corrected chi connectivity index (χ0v) is 19.4. The highest BCUT2D eigenvalue weighted by atomic mass is 32.2. The second-order valence-electron chi connectivity index (χ2n) is 6.62. The van der Waals surface area contributed by atoms with Crippen LogP contribution in [0.15, 0.2) is 48.7 Å². The molecule has 13 heteroatoms. The number of carboxylic acid groups (broad SMARTS) is 1. The lowest BCUT2D eigenvalue weighted by molar-refractivity contribution is -0.150. The third-order valence-electron chi connectivity index (χ3n) is 4.54. The summed E-state index contributed by atoms with van der Waals surface area (Å²) >= 11 is 3.99. The van der Waals surface area contributed by atoms with E-state index in [1.807, 2.05) is 0 Å². The molecular formula is C18H17N3O6S4. The predicted molar refractivity (Wildman–Crippen MR) is 117 cm³/mol. The van der Waals surface area contributed by atoms with Gasteiger partial charge in [0.05, 0.1) is 21.2 Å². The number of aliphatic carboxylic acids is 1. The zero-order valence-electron chi connectivity index (χ0n) is 16.1. The largest absolute Gasteiger partial charge is 0.477 e. The van der Waals surface area contributed by atoms with Crippen molar-refractivity contribution in [2.75, 3.05) is 17.3 Å². The molecule has 164 valence electrons. The SMILES string of the molecule is Cc1ncc(SCC2=C(C(=O)O)N3C(=O)C(NC(=O)CS(=O)c4cccs4)C3SC2)o1. The summed E-state index contributed by atoms with van der Waals surface area (Å²) in [6.07, 6.45) is 1.57. The number of β-lactam (4-membered cyclic amide) rings is 1. The number of thioether (sulfide) groups is 2. The first-order valence-corrected chi connectivity index (χ1v) is 13.2. The summed E-state index contributed by atoms with van der Waals surface area (Å²) in [7, 11) is -1.48. The number of aryl methyl sites for hydroxylation is 1. The van der Waals surface area contributed by atoms with E-state index < -0.39 is 40.0 Å². The fourth-order valence-electron chi connectivity index (χ4n) is 3.16. The molecule has 2 N–H and O–H groups in total. The topological polar surface area (TPSA) is 130 Å². The van der Waals surface area contributed by atoms with Gasteiger partial charge in [0.1, 0.15) is 22.9 Å². The summed E-state index contributed by atoms with van der Waals surface area (Å²) < 4.78 is 18.2. The number of fused-ring (bicyclic) bond motifs is 1. The van der Waals surface area contributed by atoms with Crippen molar-refractivity contribution < 1.29 is 28.1 Å². The lowest BCUT2D eigenvalue weighted by Gasteiger charge is -2.49. The van der Waals surface area contributed by atoms with Gasteiger partial charge in [0.15, 0.2) is 11.0 Å². The Morgan fingerprint density at radius 3 is 2.94 bits per heavy atom. The van der Waals surface area contributed by atoms with Gasteiger partial charge >= 0.3 is 5.97 Å². The molecule has 2 aromatic heterocycles. The van der Waals surface area contributed by atoms with Gasteiger partial charge in [-0.3, -0.25) is 18.7 Å². The Morgan fingerprint density at radius 1 is 1.48 bits per heavy atom. The van der Waals surface area contributed by atoms with Crippen molar-refractivity contribution in [3.05, 3.63) is 40.9 Å². The van der Waals surface area contributed by atoms with Gasteiger partial charge in [-0.25, -0.2) is 9.78 Å². The van der Waals surface area contributed by atoms with Crippen LogP contribution in [0.5, 0.6) is 0 Å². The van der Waals surface area contributed by atoms with E-state index in [1.54, 1.807) is 30.6 Å². The van der Waals surface area contributed by atoms with Crippen LogP contribution < -0.4 is 5.32 Å². The van der Waals surface area contributed by atoms with Crippen LogP contribution in [0.1, 0.15) is 5.89 Å². The Kier molecular flexibility index (Phi) is 6.55. The van der Waals surface area contributed by atoms with Crippen molar-refractivity contribution in [2.24, 2.45) is 0 Å². The maximum atomic E-state index is 12.7. The van der Waals surface area contributed by atoms with Gasteiger partial charge in [0.2, 0.25) is 5.91 Å². The molecule has 0 radical (unpaired) electrons. The molecule has 0 bridgehead atoms. The summed E-state index contributed by atoms with van der Waals surface area (Å²) in [4.78, 5) is 42.1. The van der Waals surface area contributed by atoms with Gasteiger partial charge in [0, 0.05) is 18.4 Å². The molecule has 2 aliphatic rings. The molecule has 9 nitrogen and oxygen atoms in total. The van der Waals surface area contributed by atoms with E-state index >= 15 is 0 Å². The Morgan fingerprint density at radius 2 is 2.29 bits per heavy atom. The second kappa shape index (κ2) is 9.18. The van der Waals surface area contributed by atoms with Gasteiger partial charge in [-0.2, -0.15) is 0 Å². The first-order valence-electron chi connectivity index (χ1n) is 9.01. The molecule has 31 heavy (non-hydrogen) atoms. The number of rotatable bonds is 8. The summed E-state index contributed by atoms with van der Waals surface area (Å²) in [5.41, 5.74) is 0.551. The Hall–Kier alpha value is -2.09. The molecule has 3 unspecified atom stereocenters. The van der Waals surface area contributed by atoms with Gasteiger partial charge in [0.25, 0.3) is 5.91 Å². The summed E-state index contributed by atoms with van der Waals surface area (Å²) in [6, 6.07) is 2.60. The van der Waals surface area contributed by atoms with Crippen molar-refractivity contribution in [1.29, 1.82) is 0 Å². The van der Waals surface area contributed by atoms with Crippen molar-refractivity contribution >= 4 is 63.4 Å². The van der Waals surface area contributed by atoms with Crippen LogP contribution in [0.2, 0.25) is 0 Å². The summed E-state index contributed by atoms with van der Waals surface area (Å²) in [5.74, 6) is -1.16. The zero-order chi connectivity index (χ0) is 22.1. The molecule has 3 atom stereocenters. The minimum Gasteiger partial charge on any atom is -0.477 e. The van der Waals surface area contributed by atoms with E-state index in [2.05, 4.69) is 10.3 Å². The Balaban J connectivity index is 1.41. The monoisotopic (exact) mass is 499 g/mol. The Bertz CT molecular complexity index is 1080. The highest BCUT2D eigenvalue weighted by Gasteiger charge is 2.54. The highest BCUT2D eigenvalue weighted by molar-refractivity contribution is 8.01. The van der Waals surface area contributed by atoms with E-state index in [9.17, 15) is 23.7 Å². The third kappa shape index (κ3) is 4.59. The molecule has 4 heterocycles. The van der Waals surface area contributed by atoms with E-state index in [4.69, 9.17) is 4.42 Å². The van der Waals surface area contributed by atoms with Crippen LogP contribution in [0.4, 0.5) is 0 Å². The van der Waals surface area contributed by atoms with Gasteiger partial charge in [-0.15, -0.1) is 23.1 Å². The maximum Gasteiger partial charge on any atom is 0.352 e. The van der Waals surface area contributed by atoms with Crippen LogP contribution >= 0.6 is 34.9 Å². The van der Waals surface area contributed by atoms with Crippen molar-refractivity contribution in [3.63, 3.8) is 0 Å². The number of carbonyl (C=O) groups is 3. The van der Waals surface area contributed by atoms with Crippen molar-refractivity contribution in [3.8, 4) is 0 Å². The fourth-order valence-corrected chi connectivity index (χ4v) is 7.41. The van der Waals surface area contributed by atoms with Crippen LogP contribution in [-0.2, 0) is 25.2 Å². The Labute approximate surface area is 192 Å². The molecule has 1 saturated heterocycles. The second-order valence-corrected chi connectivity index (χ2v) is 11.3. The highest BCUT2D eigenvalue weighted by Crippen LogP contribution is 2.41. The molecule has 2 aliphatic heterocycles. The quantitative estimate of drug-likeness (QED) is 0.411. The minimum atomic E-state index is -1.48. The lowest BCUT2D eigenvalue weighted by Crippen LogP contribution is -2.70. The predicted octanol–water partition coefficient (Wildman–Crippen LogP) is 1.68.